The molecule has 0 bridgehead atoms. The predicted octanol–water partition coefficient (Wildman–Crippen LogP) is 10.7. The van der Waals surface area contributed by atoms with Gasteiger partial charge in [0.1, 0.15) is 47.0 Å². The van der Waals surface area contributed by atoms with Crippen LogP contribution in [0, 0.1) is 0 Å². The second kappa shape index (κ2) is 35.7. The summed E-state index contributed by atoms with van der Waals surface area (Å²) >= 11 is 0. The summed E-state index contributed by atoms with van der Waals surface area (Å²) in [7, 11) is 4.71. The van der Waals surface area contributed by atoms with Gasteiger partial charge in [0.05, 0.1) is 57.7 Å². The predicted molar refractivity (Wildman–Crippen MR) is 421 cm³/mol. The Morgan fingerprint density at radius 2 is 0.655 bits per heavy atom. The second-order valence-corrected chi connectivity index (χ2v) is 27.6. The van der Waals surface area contributed by atoms with Gasteiger partial charge in [-0.2, -0.15) is 15.3 Å². The van der Waals surface area contributed by atoms with E-state index in [2.05, 4.69) is 15.3 Å². The number of carbonyl (C=O) groups is 9. The van der Waals surface area contributed by atoms with Crippen molar-refractivity contribution >= 4 is 87.5 Å². The topological polar surface area (TPSA) is 322 Å². The number of aromatic nitrogens is 6. The molecule has 2 atom stereocenters. The zero-order valence-electron chi connectivity index (χ0n) is 63.2. The smallest absolute Gasteiger partial charge is 0.359 e. The molecule has 6 aliphatic heterocycles. The van der Waals surface area contributed by atoms with Gasteiger partial charge in [-0.05, 0) is 224 Å². The summed E-state index contributed by atoms with van der Waals surface area (Å²) < 4.78 is 35.9. The van der Waals surface area contributed by atoms with Crippen LogP contribution < -0.4 is 43.6 Å². The molecule has 113 heavy (non-hydrogen) atoms. The molecule has 15 rings (SSSR count). The lowest BCUT2D eigenvalue weighted by atomic mass is 10.0. The summed E-state index contributed by atoms with van der Waals surface area (Å²) in [6.07, 6.45) is 7.05. The zero-order valence-corrected chi connectivity index (χ0v) is 63.2. The van der Waals surface area contributed by atoms with Crippen LogP contribution in [-0.2, 0) is 47.9 Å². The summed E-state index contributed by atoms with van der Waals surface area (Å²) in [5.74, 6) is -0.461. The van der Waals surface area contributed by atoms with E-state index in [9.17, 15) is 53.4 Å². The largest absolute Gasteiger partial charge is 0.497 e. The van der Waals surface area contributed by atoms with Crippen molar-refractivity contribution in [3.05, 3.63) is 196 Å². The summed E-state index contributed by atoms with van der Waals surface area (Å²) in [6, 6.07) is 43.5. The van der Waals surface area contributed by atoms with Gasteiger partial charge in [-0.1, -0.05) is 7.43 Å². The van der Waals surface area contributed by atoms with Crippen molar-refractivity contribution in [1.82, 2.24) is 29.3 Å². The first kappa shape index (κ1) is 80.0. The van der Waals surface area contributed by atoms with Crippen LogP contribution in [-0.4, -0.2) is 186 Å². The SMILES string of the molecule is C.CCOC(=O)c1nn(-c2ccc(OC)cc2)c2c1CCN(c1ccc(N3CCCCC3=O)cc1)C2=O.COc1ccc(-n2nc(C(=O)OC(C)CO)c3c2C(=O)N(c2ccc(N4CCCCC4=O)cc2)CC3)cc1.COc1ccc(-n2nc(C(=O)OCC(C)O)c3c2C(=O)N(c2ccc(N4CCCCC4=O)cc2)CC3)cc1. The molecule has 3 saturated heterocycles. The third-order valence-corrected chi connectivity index (χ3v) is 20.3. The maximum atomic E-state index is 13.9. The molecule has 9 heterocycles. The molecule has 0 aliphatic carbocycles. The van der Waals surface area contributed by atoms with Crippen molar-refractivity contribution in [3.63, 3.8) is 0 Å². The van der Waals surface area contributed by atoms with Gasteiger partial charge < -0.3 is 68.0 Å². The number of hydrogen-bond acceptors (Lipinski definition) is 20. The number of hydrogen-bond donors (Lipinski definition) is 2. The van der Waals surface area contributed by atoms with E-state index in [-0.39, 0.29) is 91.2 Å². The maximum absolute atomic E-state index is 13.9. The third-order valence-electron chi connectivity index (χ3n) is 20.3. The standard InChI is InChI=1S/2C28H30N4O6.C27H28N4O5.CH4/c1-18(33)17-38-28(36)25-23-14-16-31(20-8-6-19(7-9-20)30-15-4-3-5-24(30)34)27(35)26(23)32(29-25)21-10-12-22(37-2)13-11-21;1-18(17-33)38-28(36)25-23-14-16-31(20-8-6-19(7-9-20)30-15-4-3-5-24(30)34)27(35)26(23)32(29-25)21-10-12-22(37-2)13-11-21;1-3-36-27(34)24-22-15-17-30(19-9-7-18(8-10-19)29-16-5-4-6-23(29)32)26(33)25(22)31(28-24)20-11-13-21(35-2)14-12-20;/h2*6-13,18,33H,3-5,14-17H2,1-2H3;7-14H,3-6,15-17H2,1-2H3;1H4. The van der Waals surface area contributed by atoms with Crippen LogP contribution in [0.2, 0.25) is 0 Å². The molecule has 6 aliphatic rings. The molecular weight excluding hydrogens is 1450 g/mol. The molecular formula is C84H92N12O17. The maximum Gasteiger partial charge on any atom is 0.359 e. The Kier molecular flexibility index (Phi) is 25.3. The van der Waals surface area contributed by atoms with E-state index in [0.717, 1.165) is 61.3 Å². The van der Waals surface area contributed by atoms with E-state index in [1.165, 1.54) is 21.0 Å². The first-order valence-corrected chi connectivity index (χ1v) is 37.6. The minimum absolute atomic E-state index is 0. The minimum atomic E-state index is -0.821. The van der Waals surface area contributed by atoms with E-state index in [1.54, 1.807) is 137 Å². The average molecular weight is 1540 g/mol. The van der Waals surface area contributed by atoms with E-state index < -0.39 is 30.1 Å². The van der Waals surface area contributed by atoms with Crippen molar-refractivity contribution < 1.29 is 81.8 Å². The van der Waals surface area contributed by atoms with Crippen LogP contribution in [0.5, 0.6) is 17.2 Å². The van der Waals surface area contributed by atoms with E-state index in [4.69, 9.17) is 28.4 Å². The van der Waals surface area contributed by atoms with Crippen molar-refractivity contribution in [1.29, 1.82) is 0 Å². The molecule has 29 nitrogen and oxygen atoms in total. The molecule has 0 spiro atoms. The van der Waals surface area contributed by atoms with Crippen LogP contribution in [0.3, 0.4) is 0 Å². The summed E-state index contributed by atoms with van der Waals surface area (Å²) in [6.45, 7) is 7.75. The van der Waals surface area contributed by atoms with Gasteiger partial charge in [-0.25, -0.2) is 28.4 Å². The van der Waals surface area contributed by atoms with Crippen molar-refractivity contribution in [2.45, 2.75) is 117 Å². The van der Waals surface area contributed by atoms with Gasteiger partial charge in [0.15, 0.2) is 17.1 Å². The Bertz CT molecular complexity index is 4980. The number of piperidine rings is 3. The number of esters is 3. The molecule has 29 heteroatoms. The number of carbonyl (C=O) groups excluding carboxylic acids is 9. The lowest BCUT2D eigenvalue weighted by Crippen LogP contribution is -2.39. The molecule has 0 radical (unpaired) electrons. The molecule has 2 N–H and O–H groups in total. The number of aliphatic hydroxyl groups excluding tert-OH is 2. The zero-order chi connectivity index (χ0) is 78.9. The van der Waals surface area contributed by atoms with Crippen LogP contribution in [0.4, 0.5) is 34.1 Å². The number of anilines is 6. The number of benzene rings is 6. The van der Waals surface area contributed by atoms with E-state index in [1.807, 2.05) is 72.8 Å². The quantitative estimate of drug-likeness (QED) is 0.0529. The third kappa shape index (κ3) is 17.1. The Morgan fingerprint density at radius 1 is 0.381 bits per heavy atom. The van der Waals surface area contributed by atoms with Gasteiger partial charge in [0.2, 0.25) is 17.7 Å². The number of nitrogens with zero attached hydrogens (tertiary/aromatic N) is 12. The lowest BCUT2D eigenvalue weighted by molar-refractivity contribution is -0.120. The van der Waals surface area contributed by atoms with Gasteiger partial charge >= 0.3 is 17.9 Å². The number of aliphatic hydroxyl groups is 2. The number of amides is 6. The van der Waals surface area contributed by atoms with Crippen molar-refractivity contribution in [2.75, 3.05) is 110 Å². The highest BCUT2D eigenvalue weighted by Gasteiger charge is 2.40. The molecule has 9 aromatic rings. The molecule has 2 unspecified atom stereocenters. The van der Waals surface area contributed by atoms with Crippen molar-refractivity contribution in [2.24, 2.45) is 0 Å². The fourth-order valence-electron chi connectivity index (χ4n) is 14.5. The Balaban J connectivity index is 0.000000156. The van der Waals surface area contributed by atoms with Gasteiger partial charge in [-0.15, -0.1) is 0 Å². The summed E-state index contributed by atoms with van der Waals surface area (Å²) in [5.41, 5.74) is 9.15. The molecule has 3 aromatic heterocycles. The number of rotatable bonds is 20. The minimum Gasteiger partial charge on any atom is -0.497 e. The fraction of sp³-hybridized carbons (Fsp3) is 0.357. The van der Waals surface area contributed by atoms with Crippen LogP contribution in [0.1, 0.15) is 166 Å². The lowest BCUT2D eigenvalue weighted by Gasteiger charge is -2.29. The van der Waals surface area contributed by atoms with Crippen LogP contribution in [0.15, 0.2) is 146 Å². The summed E-state index contributed by atoms with van der Waals surface area (Å²) in [4.78, 5) is 127. The van der Waals surface area contributed by atoms with Gasteiger partial charge in [-0.3, -0.25) is 28.8 Å². The normalized spacial score (nSPS) is 15.9. The van der Waals surface area contributed by atoms with Gasteiger partial charge in [0.25, 0.3) is 17.7 Å². The number of ether oxygens (including phenoxy) is 6. The Hall–Kier alpha value is -12.5. The molecule has 6 aromatic carbocycles. The van der Waals surface area contributed by atoms with Crippen LogP contribution >= 0.6 is 0 Å². The average Bonchev–Trinajstić information content (AvgIpc) is 1.62. The first-order valence-electron chi connectivity index (χ1n) is 37.6. The number of fused-ring (bicyclic) bond motifs is 3. The molecule has 6 amide bonds. The highest BCUT2D eigenvalue weighted by molar-refractivity contribution is 6.12. The Morgan fingerprint density at radius 3 is 0.920 bits per heavy atom. The highest BCUT2D eigenvalue weighted by Crippen LogP contribution is 2.37. The van der Waals surface area contributed by atoms with Gasteiger partial charge in [0, 0.05) is 109 Å². The monoisotopic (exact) mass is 1540 g/mol. The Labute approximate surface area is 653 Å². The number of methoxy groups -OCH3 is 3. The highest BCUT2D eigenvalue weighted by atomic mass is 16.6. The van der Waals surface area contributed by atoms with Crippen molar-refractivity contribution in [3.8, 4) is 34.3 Å². The molecule has 3 fully saturated rings. The first-order chi connectivity index (χ1) is 54.3. The summed E-state index contributed by atoms with van der Waals surface area (Å²) in [5, 5.41) is 32.4. The second-order valence-electron chi connectivity index (χ2n) is 27.6. The molecule has 0 saturated carbocycles. The van der Waals surface area contributed by atoms with Crippen LogP contribution in [0.25, 0.3) is 17.1 Å². The van der Waals surface area contributed by atoms with E-state index >= 15 is 0 Å². The van der Waals surface area contributed by atoms with E-state index in [0.29, 0.717) is 146 Å². The molecule has 590 valence electrons. The fourth-order valence-corrected chi connectivity index (χ4v) is 14.5.